The van der Waals surface area contributed by atoms with Gasteiger partial charge >= 0.3 is 0 Å². The van der Waals surface area contributed by atoms with Gasteiger partial charge < -0.3 is 10.6 Å². The molecule has 2 N–H and O–H groups in total. The maximum Gasteiger partial charge on any atom is 0.261 e. The van der Waals surface area contributed by atoms with E-state index >= 15 is 0 Å². The van der Waals surface area contributed by atoms with E-state index in [4.69, 9.17) is 5.73 Å². The van der Waals surface area contributed by atoms with E-state index in [0.29, 0.717) is 17.9 Å². The van der Waals surface area contributed by atoms with Gasteiger partial charge in [0.15, 0.2) is 0 Å². The summed E-state index contributed by atoms with van der Waals surface area (Å²) in [6.07, 6.45) is 0. The third-order valence-corrected chi connectivity index (χ3v) is 2.92. The highest BCUT2D eigenvalue weighted by molar-refractivity contribution is 6.06. The van der Waals surface area contributed by atoms with Crippen LogP contribution in [0.5, 0.6) is 0 Å². The van der Waals surface area contributed by atoms with Crippen LogP contribution in [0.25, 0.3) is 0 Å². The molecule has 0 aliphatic carbocycles. The van der Waals surface area contributed by atoms with Crippen LogP contribution in [0.4, 0.5) is 20.2 Å². The molecule has 1 amide bonds. The summed E-state index contributed by atoms with van der Waals surface area (Å²) in [5.41, 5.74) is 6.44. The molecular formula is C15H14F2N2O. The highest BCUT2D eigenvalue weighted by Gasteiger charge is 2.20. The SMILES string of the molecule is CCN(C(=O)c1cc(F)ccc1F)c1ccc(N)cc1. The predicted octanol–water partition coefficient (Wildman–Crippen LogP) is 3.21. The number of carbonyl (C=O) groups is 1. The molecule has 0 aliphatic rings. The maximum atomic E-state index is 13.7. The van der Waals surface area contributed by atoms with Gasteiger partial charge in [0.05, 0.1) is 5.56 Å². The smallest absolute Gasteiger partial charge is 0.261 e. The molecule has 0 aliphatic heterocycles. The summed E-state index contributed by atoms with van der Waals surface area (Å²) in [5.74, 6) is -1.98. The fourth-order valence-corrected chi connectivity index (χ4v) is 1.90. The fourth-order valence-electron chi connectivity index (χ4n) is 1.90. The van der Waals surface area contributed by atoms with Crippen LogP contribution in [0.2, 0.25) is 0 Å². The molecule has 104 valence electrons. The first kappa shape index (κ1) is 14.0. The van der Waals surface area contributed by atoms with Crippen molar-refractivity contribution in [2.24, 2.45) is 0 Å². The van der Waals surface area contributed by atoms with Crippen molar-refractivity contribution < 1.29 is 13.6 Å². The molecule has 20 heavy (non-hydrogen) atoms. The van der Waals surface area contributed by atoms with E-state index in [9.17, 15) is 13.6 Å². The summed E-state index contributed by atoms with van der Waals surface area (Å²) in [6, 6.07) is 9.44. The summed E-state index contributed by atoms with van der Waals surface area (Å²) in [4.78, 5) is 13.7. The van der Waals surface area contributed by atoms with Crippen LogP contribution < -0.4 is 10.6 Å². The molecule has 0 saturated heterocycles. The second-order valence-corrected chi connectivity index (χ2v) is 4.27. The first-order chi connectivity index (χ1) is 9.52. The van der Waals surface area contributed by atoms with Crippen LogP contribution in [0.15, 0.2) is 42.5 Å². The number of rotatable bonds is 3. The minimum Gasteiger partial charge on any atom is -0.399 e. The van der Waals surface area contributed by atoms with Gasteiger partial charge in [-0.05, 0) is 49.4 Å². The molecule has 2 rings (SSSR count). The minimum atomic E-state index is -0.745. The van der Waals surface area contributed by atoms with E-state index in [1.54, 1.807) is 31.2 Å². The Morgan fingerprint density at radius 1 is 1.15 bits per heavy atom. The largest absolute Gasteiger partial charge is 0.399 e. The van der Waals surface area contributed by atoms with Crippen molar-refractivity contribution in [2.75, 3.05) is 17.2 Å². The molecule has 3 nitrogen and oxygen atoms in total. The van der Waals surface area contributed by atoms with Crippen LogP contribution in [-0.4, -0.2) is 12.5 Å². The van der Waals surface area contributed by atoms with Gasteiger partial charge in [0.1, 0.15) is 11.6 Å². The van der Waals surface area contributed by atoms with Gasteiger partial charge in [0.25, 0.3) is 5.91 Å². The molecule has 0 spiro atoms. The molecule has 0 saturated carbocycles. The lowest BCUT2D eigenvalue weighted by Crippen LogP contribution is -2.31. The monoisotopic (exact) mass is 276 g/mol. The molecule has 0 aromatic heterocycles. The Bertz CT molecular complexity index is 626. The van der Waals surface area contributed by atoms with Crippen molar-refractivity contribution in [3.63, 3.8) is 0 Å². The van der Waals surface area contributed by atoms with Crippen molar-refractivity contribution in [1.29, 1.82) is 0 Å². The summed E-state index contributed by atoms with van der Waals surface area (Å²) >= 11 is 0. The van der Waals surface area contributed by atoms with Crippen LogP contribution in [-0.2, 0) is 0 Å². The van der Waals surface area contributed by atoms with E-state index in [2.05, 4.69) is 0 Å². The molecule has 2 aromatic rings. The number of hydrogen-bond donors (Lipinski definition) is 1. The lowest BCUT2D eigenvalue weighted by atomic mass is 10.1. The normalized spacial score (nSPS) is 10.3. The van der Waals surface area contributed by atoms with E-state index in [1.165, 1.54) is 4.90 Å². The average Bonchev–Trinajstić information content (AvgIpc) is 2.44. The molecule has 0 atom stereocenters. The number of anilines is 2. The summed E-state index contributed by atoms with van der Waals surface area (Å²) in [6.45, 7) is 2.09. The summed E-state index contributed by atoms with van der Waals surface area (Å²) < 4.78 is 26.8. The quantitative estimate of drug-likeness (QED) is 0.875. The van der Waals surface area contributed by atoms with Gasteiger partial charge in [-0.1, -0.05) is 0 Å². The Labute approximate surface area is 115 Å². The topological polar surface area (TPSA) is 46.3 Å². The number of benzene rings is 2. The number of carbonyl (C=O) groups excluding carboxylic acids is 1. The first-order valence-electron chi connectivity index (χ1n) is 6.15. The summed E-state index contributed by atoms with van der Waals surface area (Å²) in [7, 11) is 0. The zero-order valence-corrected chi connectivity index (χ0v) is 10.9. The van der Waals surface area contributed by atoms with Gasteiger partial charge in [-0.15, -0.1) is 0 Å². The van der Waals surface area contributed by atoms with E-state index in [0.717, 1.165) is 18.2 Å². The number of halogens is 2. The molecule has 0 fully saturated rings. The zero-order valence-electron chi connectivity index (χ0n) is 10.9. The van der Waals surface area contributed by atoms with Crippen LogP contribution in [0, 0.1) is 11.6 Å². The Hall–Kier alpha value is -2.43. The average molecular weight is 276 g/mol. The third-order valence-electron chi connectivity index (χ3n) is 2.92. The number of nitrogens with zero attached hydrogens (tertiary/aromatic N) is 1. The van der Waals surface area contributed by atoms with Gasteiger partial charge in [-0.3, -0.25) is 4.79 Å². The molecule has 0 heterocycles. The number of nitrogen functional groups attached to an aromatic ring is 1. The Balaban J connectivity index is 2.38. The van der Waals surface area contributed by atoms with Crippen molar-refractivity contribution in [2.45, 2.75) is 6.92 Å². The van der Waals surface area contributed by atoms with Gasteiger partial charge in [0, 0.05) is 17.9 Å². The molecule has 5 heteroatoms. The molecule has 0 unspecified atom stereocenters. The number of amides is 1. The Kier molecular flexibility index (Phi) is 3.98. The zero-order chi connectivity index (χ0) is 14.7. The lowest BCUT2D eigenvalue weighted by molar-refractivity contribution is 0.0984. The molecule has 0 radical (unpaired) electrons. The highest BCUT2D eigenvalue weighted by Crippen LogP contribution is 2.20. The van der Waals surface area contributed by atoms with Crippen LogP contribution in [0.3, 0.4) is 0 Å². The van der Waals surface area contributed by atoms with Gasteiger partial charge in [0.2, 0.25) is 0 Å². The second kappa shape index (κ2) is 5.69. The summed E-state index contributed by atoms with van der Waals surface area (Å²) in [5, 5.41) is 0. The Morgan fingerprint density at radius 2 is 1.80 bits per heavy atom. The van der Waals surface area contributed by atoms with Crippen molar-refractivity contribution in [3.8, 4) is 0 Å². The van der Waals surface area contributed by atoms with Crippen LogP contribution >= 0.6 is 0 Å². The highest BCUT2D eigenvalue weighted by atomic mass is 19.1. The van der Waals surface area contributed by atoms with E-state index in [-0.39, 0.29) is 5.56 Å². The van der Waals surface area contributed by atoms with Crippen LogP contribution in [0.1, 0.15) is 17.3 Å². The molecule has 0 bridgehead atoms. The maximum absolute atomic E-state index is 13.7. The third kappa shape index (κ3) is 2.77. The standard InChI is InChI=1S/C15H14F2N2O/c1-2-19(12-6-4-11(18)5-7-12)15(20)13-9-10(16)3-8-14(13)17/h3-9H,2,18H2,1H3. The second-order valence-electron chi connectivity index (χ2n) is 4.27. The number of hydrogen-bond acceptors (Lipinski definition) is 2. The molecule has 2 aromatic carbocycles. The van der Waals surface area contributed by atoms with Crippen molar-refractivity contribution in [1.82, 2.24) is 0 Å². The first-order valence-corrected chi connectivity index (χ1v) is 6.15. The molecular weight excluding hydrogens is 262 g/mol. The lowest BCUT2D eigenvalue weighted by Gasteiger charge is -2.21. The minimum absolute atomic E-state index is 0.288. The van der Waals surface area contributed by atoms with Gasteiger partial charge in [-0.25, -0.2) is 8.78 Å². The van der Waals surface area contributed by atoms with E-state index in [1.807, 2.05) is 0 Å². The fraction of sp³-hybridized carbons (Fsp3) is 0.133. The van der Waals surface area contributed by atoms with E-state index < -0.39 is 17.5 Å². The van der Waals surface area contributed by atoms with Crippen molar-refractivity contribution >= 4 is 17.3 Å². The predicted molar refractivity (Wildman–Crippen MR) is 74.6 cm³/mol. The van der Waals surface area contributed by atoms with Crippen molar-refractivity contribution in [3.05, 3.63) is 59.7 Å². The Morgan fingerprint density at radius 3 is 2.40 bits per heavy atom. The number of nitrogens with two attached hydrogens (primary N) is 1. The van der Waals surface area contributed by atoms with Gasteiger partial charge in [-0.2, -0.15) is 0 Å².